The van der Waals surface area contributed by atoms with Crippen LogP contribution in [0.3, 0.4) is 0 Å². The van der Waals surface area contributed by atoms with Crippen LogP contribution in [0.15, 0.2) is 104 Å². The van der Waals surface area contributed by atoms with Crippen molar-refractivity contribution in [1.29, 1.82) is 5.26 Å². The minimum absolute atomic E-state index is 0.549. The smallest absolute Gasteiger partial charge is 0.0945 e. The summed E-state index contributed by atoms with van der Waals surface area (Å²) >= 11 is 0. The molecule has 3 rings (SSSR count). The van der Waals surface area contributed by atoms with Gasteiger partial charge in [0, 0.05) is 37.6 Å². The molecule has 0 aliphatic rings. The first kappa shape index (κ1) is 29.3. The average molecular weight is 443 g/mol. The van der Waals surface area contributed by atoms with Crippen LogP contribution in [-0.2, 0) is 13.5 Å². The molecule has 0 aliphatic carbocycles. The second kappa shape index (κ2) is 20.2. The number of rotatable bonds is 7. The Morgan fingerprint density at radius 2 is 1.76 bits per heavy atom. The molecule has 1 aromatic carbocycles. The van der Waals surface area contributed by atoms with Crippen molar-refractivity contribution in [1.82, 2.24) is 14.5 Å². The summed E-state index contributed by atoms with van der Waals surface area (Å²) in [6.45, 7) is 11.3. The molecule has 1 atom stereocenters. The van der Waals surface area contributed by atoms with E-state index in [0.29, 0.717) is 5.92 Å². The highest BCUT2D eigenvalue weighted by Crippen LogP contribution is 2.14. The Labute approximate surface area is 200 Å². The van der Waals surface area contributed by atoms with Crippen LogP contribution in [0.5, 0.6) is 0 Å². The fraction of sp³-hybridized carbons (Fsp3) is 0.276. The minimum Gasteiger partial charge on any atom is -0.338 e. The fourth-order valence-electron chi connectivity index (χ4n) is 2.69. The van der Waals surface area contributed by atoms with Crippen LogP contribution in [-0.4, -0.2) is 14.5 Å². The maximum absolute atomic E-state index is 7.32. The van der Waals surface area contributed by atoms with Crippen molar-refractivity contribution in [3.05, 3.63) is 110 Å². The highest BCUT2D eigenvalue weighted by atomic mass is 15.0. The highest BCUT2D eigenvalue weighted by Gasteiger charge is 2.02. The Morgan fingerprint density at radius 3 is 2.30 bits per heavy atom. The molecule has 174 valence electrons. The van der Waals surface area contributed by atoms with Gasteiger partial charge in [-0.05, 0) is 30.9 Å². The van der Waals surface area contributed by atoms with E-state index >= 15 is 0 Å². The minimum atomic E-state index is 0.549. The molecule has 0 aliphatic heterocycles. The third kappa shape index (κ3) is 14.1. The van der Waals surface area contributed by atoms with Crippen molar-refractivity contribution in [3.8, 4) is 17.3 Å². The molecule has 4 nitrogen and oxygen atoms in total. The normalized spacial score (nSPS) is 10.5. The number of imidazole rings is 1. The van der Waals surface area contributed by atoms with Crippen molar-refractivity contribution < 1.29 is 0 Å². The standard InChI is InChI=1S/C14H20N2.C11H9N.C2H3N.C2H6/c1-4-5-6-7-8-9-13(2)10-14-11-15-12-16(14)3;1-2-6-10(7-3-1)11-8-4-5-9-12-11;1-2-3;1-2/h4-6,8-9,11-13H,1,7,10H2,2-3H3;1-9H;1H3;1-2H3/b6-5-,9-8-;;;. The summed E-state index contributed by atoms with van der Waals surface area (Å²) in [7, 11) is 2.03. The summed E-state index contributed by atoms with van der Waals surface area (Å²) in [5.74, 6) is 0.549. The molecule has 2 aromatic heterocycles. The average Bonchev–Trinajstić information content (AvgIpc) is 3.26. The number of nitrogens with zero attached hydrogens (tertiary/aromatic N) is 4. The van der Waals surface area contributed by atoms with Crippen LogP contribution in [0.1, 0.15) is 39.8 Å². The van der Waals surface area contributed by atoms with Crippen molar-refractivity contribution in [2.75, 3.05) is 0 Å². The number of benzene rings is 1. The van der Waals surface area contributed by atoms with Gasteiger partial charge in [-0.1, -0.05) is 94.1 Å². The summed E-state index contributed by atoms with van der Waals surface area (Å²) in [5, 5.41) is 7.32. The fourth-order valence-corrected chi connectivity index (χ4v) is 2.69. The molecule has 0 radical (unpaired) electrons. The third-order valence-corrected chi connectivity index (χ3v) is 4.19. The molecule has 0 saturated heterocycles. The maximum Gasteiger partial charge on any atom is 0.0945 e. The Kier molecular flexibility index (Phi) is 17.9. The lowest BCUT2D eigenvalue weighted by atomic mass is 10.1. The first-order valence-electron chi connectivity index (χ1n) is 11.3. The van der Waals surface area contributed by atoms with Crippen LogP contribution in [0.25, 0.3) is 11.3 Å². The molecule has 0 spiro atoms. The molecule has 0 saturated carbocycles. The molecule has 3 aromatic rings. The zero-order valence-electron chi connectivity index (χ0n) is 20.7. The highest BCUT2D eigenvalue weighted by molar-refractivity contribution is 5.58. The first-order valence-corrected chi connectivity index (χ1v) is 11.3. The van der Waals surface area contributed by atoms with E-state index in [1.54, 1.807) is 12.1 Å². The second-order valence-corrected chi connectivity index (χ2v) is 6.81. The number of hydrogen-bond donors (Lipinski definition) is 0. The molecule has 0 amide bonds. The van der Waals surface area contributed by atoms with Crippen LogP contribution >= 0.6 is 0 Å². The van der Waals surface area contributed by atoms with Gasteiger partial charge in [0.1, 0.15) is 0 Å². The van der Waals surface area contributed by atoms with Gasteiger partial charge in [0.15, 0.2) is 0 Å². The van der Waals surface area contributed by atoms with Gasteiger partial charge in [0.05, 0.1) is 18.1 Å². The van der Waals surface area contributed by atoms with Gasteiger partial charge in [-0.25, -0.2) is 4.98 Å². The molecule has 4 heteroatoms. The first-order chi connectivity index (χ1) is 16.1. The number of pyridine rings is 1. The van der Waals surface area contributed by atoms with Crippen molar-refractivity contribution >= 4 is 0 Å². The van der Waals surface area contributed by atoms with Crippen LogP contribution in [0.2, 0.25) is 0 Å². The van der Waals surface area contributed by atoms with E-state index in [1.807, 2.05) is 82.1 Å². The number of aromatic nitrogens is 3. The Bertz CT molecular complexity index is 911. The molecule has 33 heavy (non-hydrogen) atoms. The lowest BCUT2D eigenvalue weighted by Crippen LogP contribution is -2.01. The molecule has 0 bridgehead atoms. The van der Waals surface area contributed by atoms with Gasteiger partial charge in [-0.2, -0.15) is 5.26 Å². The van der Waals surface area contributed by atoms with Crippen molar-refractivity contribution in [3.63, 3.8) is 0 Å². The summed E-state index contributed by atoms with van der Waals surface area (Å²) in [5.41, 5.74) is 3.47. The predicted octanol–water partition coefficient (Wildman–Crippen LogP) is 7.59. The number of nitriles is 1. The van der Waals surface area contributed by atoms with Crippen LogP contribution < -0.4 is 0 Å². The molecular weight excluding hydrogens is 404 g/mol. The lowest BCUT2D eigenvalue weighted by Gasteiger charge is -2.06. The van der Waals surface area contributed by atoms with Gasteiger partial charge in [-0.3, -0.25) is 4.98 Å². The zero-order valence-corrected chi connectivity index (χ0v) is 20.7. The van der Waals surface area contributed by atoms with Crippen LogP contribution in [0, 0.1) is 17.2 Å². The van der Waals surface area contributed by atoms with Gasteiger partial charge in [-0.15, -0.1) is 0 Å². The molecular formula is C29H38N4. The number of aryl methyl sites for hydroxylation is 1. The summed E-state index contributed by atoms with van der Waals surface area (Å²) < 4.78 is 2.07. The van der Waals surface area contributed by atoms with E-state index in [-0.39, 0.29) is 0 Å². The monoisotopic (exact) mass is 442 g/mol. The predicted molar refractivity (Wildman–Crippen MR) is 141 cm³/mol. The summed E-state index contributed by atoms with van der Waals surface area (Å²) in [6, 6.07) is 17.8. The van der Waals surface area contributed by atoms with Crippen molar-refractivity contribution in [2.45, 2.75) is 40.5 Å². The van der Waals surface area contributed by atoms with Crippen molar-refractivity contribution in [2.24, 2.45) is 13.0 Å². The quantitative estimate of drug-likeness (QED) is 0.280. The van der Waals surface area contributed by atoms with Gasteiger partial charge in [0.25, 0.3) is 0 Å². The second-order valence-electron chi connectivity index (χ2n) is 6.81. The van der Waals surface area contributed by atoms with E-state index in [1.165, 1.54) is 12.6 Å². The van der Waals surface area contributed by atoms with E-state index < -0.39 is 0 Å². The lowest BCUT2D eigenvalue weighted by molar-refractivity contribution is 0.674. The molecule has 0 N–H and O–H groups in total. The third-order valence-electron chi connectivity index (χ3n) is 4.19. The maximum atomic E-state index is 7.32. The Morgan fingerprint density at radius 1 is 1.09 bits per heavy atom. The zero-order chi connectivity index (χ0) is 24.7. The summed E-state index contributed by atoms with van der Waals surface area (Å²) in [6.07, 6.45) is 17.9. The van der Waals surface area contributed by atoms with Gasteiger partial charge in [0.2, 0.25) is 0 Å². The van der Waals surface area contributed by atoms with E-state index in [2.05, 4.69) is 58.4 Å². The molecule has 2 heterocycles. The molecule has 1 unspecified atom stereocenters. The largest absolute Gasteiger partial charge is 0.338 e. The number of hydrogen-bond acceptors (Lipinski definition) is 3. The Hall–Kier alpha value is -3.71. The SMILES string of the molecule is C=C/C=C\C/C=C\C(C)Cc1cncn1C.CC.CC#N.c1ccc(-c2ccccn2)cc1. The molecule has 0 fully saturated rings. The number of allylic oxidation sites excluding steroid dienone is 5. The topological polar surface area (TPSA) is 54.5 Å². The van der Waals surface area contributed by atoms with E-state index in [4.69, 9.17) is 5.26 Å². The summed E-state index contributed by atoms with van der Waals surface area (Å²) in [4.78, 5) is 8.36. The van der Waals surface area contributed by atoms with E-state index in [0.717, 1.165) is 24.1 Å². The van der Waals surface area contributed by atoms with Crippen LogP contribution in [0.4, 0.5) is 0 Å². The van der Waals surface area contributed by atoms with Gasteiger partial charge >= 0.3 is 0 Å². The van der Waals surface area contributed by atoms with E-state index in [9.17, 15) is 0 Å². The van der Waals surface area contributed by atoms with Gasteiger partial charge < -0.3 is 4.57 Å². The Balaban J connectivity index is 0.000000531.